The van der Waals surface area contributed by atoms with E-state index in [9.17, 15) is 9.18 Å². The second kappa shape index (κ2) is 5.13. The van der Waals surface area contributed by atoms with Crippen molar-refractivity contribution in [3.05, 3.63) is 52.0 Å². The number of amides is 1. The quantitative estimate of drug-likeness (QED) is 0.822. The van der Waals surface area contributed by atoms with Crippen molar-refractivity contribution in [2.24, 2.45) is 0 Å². The van der Waals surface area contributed by atoms with Gasteiger partial charge in [0.15, 0.2) is 0 Å². The van der Waals surface area contributed by atoms with Gasteiger partial charge in [-0.05, 0) is 35.9 Å². The molecule has 0 spiro atoms. The first-order valence-corrected chi connectivity index (χ1v) is 7.24. The minimum atomic E-state index is -0.295. The SMILES string of the molecule is O=C(Cc1cccs1)N1CCCc2cccc(F)c21. The van der Waals surface area contributed by atoms with Gasteiger partial charge in [0.1, 0.15) is 5.82 Å². The molecule has 1 aliphatic heterocycles. The highest BCUT2D eigenvalue weighted by Crippen LogP contribution is 2.30. The fraction of sp³-hybridized carbons (Fsp3) is 0.267. The first kappa shape index (κ1) is 12.4. The summed E-state index contributed by atoms with van der Waals surface area (Å²) in [5.74, 6) is -0.315. The van der Waals surface area contributed by atoms with Crippen molar-refractivity contribution in [2.75, 3.05) is 11.4 Å². The highest BCUT2D eigenvalue weighted by atomic mass is 32.1. The summed E-state index contributed by atoms with van der Waals surface area (Å²) < 4.78 is 14.0. The van der Waals surface area contributed by atoms with Gasteiger partial charge in [0.2, 0.25) is 5.91 Å². The molecule has 1 amide bonds. The molecular formula is C15H14FNOS. The second-order valence-corrected chi connectivity index (χ2v) is 5.68. The molecule has 0 bridgehead atoms. The van der Waals surface area contributed by atoms with E-state index in [-0.39, 0.29) is 11.7 Å². The number of halogens is 1. The maximum absolute atomic E-state index is 14.0. The summed E-state index contributed by atoms with van der Waals surface area (Å²) in [5, 5.41) is 1.95. The Morgan fingerprint density at radius 1 is 1.32 bits per heavy atom. The van der Waals surface area contributed by atoms with Crippen LogP contribution in [0, 0.1) is 5.82 Å². The van der Waals surface area contributed by atoms with Gasteiger partial charge in [0.05, 0.1) is 12.1 Å². The minimum Gasteiger partial charge on any atom is -0.309 e. The average Bonchev–Trinajstić information content (AvgIpc) is 2.91. The van der Waals surface area contributed by atoms with Crippen LogP contribution in [0.1, 0.15) is 16.9 Å². The molecule has 1 aromatic heterocycles. The van der Waals surface area contributed by atoms with Gasteiger partial charge in [-0.1, -0.05) is 18.2 Å². The Morgan fingerprint density at radius 3 is 3.00 bits per heavy atom. The number of hydrogen-bond donors (Lipinski definition) is 0. The van der Waals surface area contributed by atoms with E-state index in [4.69, 9.17) is 0 Å². The zero-order valence-corrected chi connectivity index (χ0v) is 11.3. The molecule has 19 heavy (non-hydrogen) atoms. The molecule has 2 aromatic rings. The molecule has 0 fully saturated rings. The predicted octanol–water partition coefficient (Wildman–Crippen LogP) is 3.41. The van der Waals surface area contributed by atoms with E-state index in [1.54, 1.807) is 22.3 Å². The fourth-order valence-corrected chi connectivity index (χ4v) is 3.21. The van der Waals surface area contributed by atoms with Crippen LogP contribution in [-0.2, 0) is 17.6 Å². The molecule has 1 aromatic carbocycles. The number of para-hydroxylation sites is 1. The van der Waals surface area contributed by atoms with Gasteiger partial charge in [0.25, 0.3) is 0 Å². The van der Waals surface area contributed by atoms with Crippen molar-refractivity contribution >= 4 is 22.9 Å². The molecule has 0 saturated carbocycles. The standard InChI is InChI=1S/C15H14FNOS/c16-13-7-1-4-11-5-2-8-17(15(11)13)14(18)10-12-6-3-9-19-12/h1,3-4,6-7,9H,2,5,8,10H2. The lowest BCUT2D eigenvalue weighted by Crippen LogP contribution is -2.37. The van der Waals surface area contributed by atoms with Crippen molar-refractivity contribution < 1.29 is 9.18 Å². The first-order chi connectivity index (χ1) is 9.25. The van der Waals surface area contributed by atoms with Gasteiger partial charge < -0.3 is 4.90 Å². The average molecular weight is 275 g/mol. The molecule has 2 heterocycles. The third-order valence-corrected chi connectivity index (χ3v) is 4.25. The molecule has 0 atom stereocenters. The first-order valence-electron chi connectivity index (χ1n) is 6.36. The van der Waals surface area contributed by atoms with E-state index >= 15 is 0 Å². The highest BCUT2D eigenvalue weighted by molar-refractivity contribution is 7.10. The van der Waals surface area contributed by atoms with Gasteiger partial charge in [-0.3, -0.25) is 4.79 Å². The number of anilines is 1. The van der Waals surface area contributed by atoms with Crippen LogP contribution >= 0.6 is 11.3 Å². The number of carbonyl (C=O) groups is 1. The summed E-state index contributed by atoms with van der Waals surface area (Å²) in [6.45, 7) is 0.609. The molecule has 0 unspecified atom stereocenters. The summed E-state index contributed by atoms with van der Waals surface area (Å²) >= 11 is 1.56. The van der Waals surface area contributed by atoms with Crippen LogP contribution in [-0.4, -0.2) is 12.5 Å². The molecule has 98 valence electrons. The van der Waals surface area contributed by atoms with E-state index in [0.717, 1.165) is 23.3 Å². The van der Waals surface area contributed by atoms with Gasteiger partial charge in [0, 0.05) is 11.4 Å². The van der Waals surface area contributed by atoms with Crippen molar-refractivity contribution in [2.45, 2.75) is 19.3 Å². The number of benzene rings is 1. The Morgan fingerprint density at radius 2 is 2.21 bits per heavy atom. The smallest absolute Gasteiger partial charge is 0.232 e. The van der Waals surface area contributed by atoms with Gasteiger partial charge in [-0.15, -0.1) is 11.3 Å². The molecule has 4 heteroatoms. The van der Waals surface area contributed by atoms with E-state index < -0.39 is 0 Å². The Hall–Kier alpha value is -1.68. The Kier molecular flexibility index (Phi) is 3.34. The summed E-state index contributed by atoms with van der Waals surface area (Å²) in [6.07, 6.45) is 2.09. The van der Waals surface area contributed by atoms with Crippen LogP contribution in [0.25, 0.3) is 0 Å². The number of hydrogen-bond acceptors (Lipinski definition) is 2. The Labute approximate surface area is 115 Å². The molecule has 0 N–H and O–H groups in total. The zero-order valence-electron chi connectivity index (χ0n) is 10.4. The number of aryl methyl sites for hydroxylation is 1. The van der Waals surface area contributed by atoms with Gasteiger partial charge >= 0.3 is 0 Å². The number of fused-ring (bicyclic) bond motifs is 1. The van der Waals surface area contributed by atoms with E-state index in [1.807, 2.05) is 23.6 Å². The predicted molar refractivity (Wildman–Crippen MR) is 75.1 cm³/mol. The molecule has 0 saturated heterocycles. The van der Waals surface area contributed by atoms with Crippen LogP contribution < -0.4 is 4.90 Å². The lowest BCUT2D eigenvalue weighted by molar-refractivity contribution is -0.118. The lowest BCUT2D eigenvalue weighted by Gasteiger charge is -2.29. The topological polar surface area (TPSA) is 20.3 Å². The van der Waals surface area contributed by atoms with Gasteiger partial charge in [-0.25, -0.2) is 4.39 Å². The maximum atomic E-state index is 14.0. The number of carbonyl (C=O) groups excluding carboxylic acids is 1. The van der Waals surface area contributed by atoms with Crippen LogP contribution in [0.4, 0.5) is 10.1 Å². The van der Waals surface area contributed by atoms with Crippen molar-refractivity contribution in [1.82, 2.24) is 0 Å². The third kappa shape index (κ3) is 2.40. The van der Waals surface area contributed by atoms with Gasteiger partial charge in [-0.2, -0.15) is 0 Å². The molecule has 3 rings (SSSR count). The van der Waals surface area contributed by atoms with Crippen molar-refractivity contribution in [3.63, 3.8) is 0 Å². The molecule has 0 aliphatic carbocycles. The molecule has 0 radical (unpaired) electrons. The molecule has 1 aliphatic rings. The van der Waals surface area contributed by atoms with Crippen LogP contribution in [0.5, 0.6) is 0 Å². The maximum Gasteiger partial charge on any atom is 0.232 e. The van der Waals surface area contributed by atoms with Crippen LogP contribution in [0.2, 0.25) is 0 Å². The van der Waals surface area contributed by atoms with Crippen LogP contribution in [0.3, 0.4) is 0 Å². The Balaban J connectivity index is 1.89. The van der Waals surface area contributed by atoms with E-state index in [0.29, 0.717) is 18.7 Å². The normalized spacial score (nSPS) is 14.3. The summed E-state index contributed by atoms with van der Waals surface area (Å²) in [6, 6.07) is 8.91. The lowest BCUT2D eigenvalue weighted by atomic mass is 10.0. The zero-order chi connectivity index (χ0) is 13.2. The number of thiophene rings is 1. The van der Waals surface area contributed by atoms with Crippen LogP contribution in [0.15, 0.2) is 35.7 Å². The Bertz CT molecular complexity index is 594. The summed E-state index contributed by atoms with van der Waals surface area (Å²) in [7, 11) is 0. The highest BCUT2D eigenvalue weighted by Gasteiger charge is 2.25. The van der Waals surface area contributed by atoms with Crippen molar-refractivity contribution in [3.8, 4) is 0 Å². The second-order valence-electron chi connectivity index (χ2n) is 4.65. The summed E-state index contributed by atoms with van der Waals surface area (Å²) in [4.78, 5) is 15.0. The number of nitrogens with zero attached hydrogens (tertiary/aromatic N) is 1. The molecular weight excluding hydrogens is 261 g/mol. The van der Waals surface area contributed by atoms with E-state index in [2.05, 4.69) is 0 Å². The van der Waals surface area contributed by atoms with Crippen molar-refractivity contribution in [1.29, 1.82) is 0 Å². The fourth-order valence-electron chi connectivity index (χ4n) is 2.51. The summed E-state index contributed by atoms with van der Waals surface area (Å²) in [5.41, 5.74) is 1.42. The van der Waals surface area contributed by atoms with E-state index in [1.165, 1.54) is 6.07 Å². The molecule has 2 nitrogen and oxygen atoms in total. The largest absolute Gasteiger partial charge is 0.309 e. The third-order valence-electron chi connectivity index (χ3n) is 3.37. The number of rotatable bonds is 2. The monoisotopic (exact) mass is 275 g/mol. The minimum absolute atomic E-state index is 0.0199.